The summed E-state index contributed by atoms with van der Waals surface area (Å²) < 4.78 is 2.63. The number of benzene rings is 2. The zero-order valence-electron chi connectivity index (χ0n) is 9.77. The van der Waals surface area contributed by atoms with E-state index in [9.17, 15) is 4.79 Å². The molecular weight excluding hydrogens is 292 g/mol. The van der Waals surface area contributed by atoms with E-state index in [1.165, 1.54) is 5.56 Å². The molecule has 1 heterocycles. The van der Waals surface area contributed by atoms with Crippen molar-refractivity contribution in [2.75, 3.05) is 0 Å². The number of aromatic amines is 1. The minimum Gasteiger partial charge on any atom is -0.305 e. The summed E-state index contributed by atoms with van der Waals surface area (Å²) in [5, 5.41) is 0. The van der Waals surface area contributed by atoms with E-state index in [4.69, 9.17) is 0 Å². The summed E-state index contributed by atoms with van der Waals surface area (Å²) >= 11 is 3.43. The highest BCUT2D eigenvalue weighted by Crippen LogP contribution is 2.20. The number of nitrogens with zero attached hydrogens (tertiary/aromatic N) is 1. The van der Waals surface area contributed by atoms with Gasteiger partial charge in [0.25, 0.3) is 0 Å². The van der Waals surface area contributed by atoms with Crippen molar-refractivity contribution in [3.05, 3.63) is 63.0 Å². The van der Waals surface area contributed by atoms with E-state index < -0.39 is 0 Å². The molecule has 3 rings (SSSR count). The fourth-order valence-electron chi connectivity index (χ4n) is 2.03. The number of rotatable bonds is 1. The zero-order chi connectivity index (χ0) is 12.7. The maximum absolute atomic E-state index is 12.0. The van der Waals surface area contributed by atoms with Crippen molar-refractivity contribution in [2.24, 2.45) is 0 Å². The summed E-state index contributed by atoms with van der Waals surface area (Å²) in [5.74, 6) is 0. The van der Waals surface area contributed by atoms with Gasteiger partial charge in [0.1, 0.15) is 0 Å². The van der Waals surface area contributed by atoms with E-state index >= 15 is 0 Å². The highest BCUT2D eigenvalue weighted by molar-refractivity contribution is 9.10. The molecule has 3 aromatic rings. The molecular formula is C14H11BrN2O. The third-order valence-electron chi connectivity index (χ3n) is 2.94. The molecule has 0 amide bonds. The highest BCUT2D eigenvalue weighted by atomic mass is 79.9. The van der Waals surface area contributed by atoms with Crippen molar-refractivity contribution >= 4 is 27.0 Å². The Morgan fingerprint density at radius 3 is 2.56 bits per heavy atom. The van der Waals surface area contributed by atoms with Crippen LogP contribution in [0.15, 0.2) is 51.7 Å². The second kappa shape index (κ2) is 4.14. The second-order valence-electron chi connectivity index (χ2n) is 4.26. The lowest BCUT2D eigenvalue weighted by atomic mass is 10.2. The summed E-state index contributed by atoms with van der Waals surface area (Å²) in [6, 6.07) is 13.6. The highest BCUT2D eigenvalue weighted by Gasteiger charge is 2.08. The number of halogens is 1. The largest absolute Gasteiger partial charge is 0.331 e. The molecule has 0 unspecified atom stereocenters. The van der Waals surface area contributed by atoms with E-state index in [1.807, 2.05) is 49.4 Å². The number of nitrogens with one attached hydrogen (secondary N) is 1. The van der Waals surface area contributed by atoms with Crippen LogP contribution in [0.2, 0.25) is 0 Å². The van der Waals surface area contributed by atoms with E-state index in [0.29, 0.717) is 0 Å². The quantitative estimate of drug-likeness (QED) is 0.735. The van der Waals surface area contributed by atoms with Gasteiger partial charge in [0.05, 0.1) is 16.7 Å². The smallest absolute Gasteiger partial charge is 0.305 e. The van der Waals surface area contributed by atoms with Crippen LogP contribution in [0.25, 0.3) is 16.7 Å². The lowest BCUT2D eigenvalue weighted by molar-refractivity contribution is 1.01. The fourth-order valence-corrected chi connectivity index (χ4v) is 2.38. The number of imidazole rings is 1. The zero-order valence-corrected chi connectivity index (χ0v) is 11.4. The number of hydrogen-bond donors (Lipinski definition) is 1. The van der Waals surface area contributed by atoms with Gasteiger partial charge in [-0.05, 0) is 37.3 Å². The molecule has 3 nitrogen and oxygen atoms in total. The monoisotopic (exact) mass is 302 g/mol. The molecule has 0 aliphatic rings. The van der Waals surface area contributed by atoms with Gasteiger partial charge in [-0.3, -0.25) is 4.57 Å². The Kier molecular flexibility index (Phi) is 2.59. The van der Waals surface area contributed by atoms with Gasteiger partial charge in [-0.15, -0.1) is 0 Å². The maximum Gasteiger partial charge on any atom is 0.331 e. The summed E-state index contributed by atoms with van der Waals surface area (Å²) in [4.78, 5) is 14.9. The topological polar surface area (TPSA) is 37.8 Å². The summed E-state index contributed by atoms with van der Waals surface area (Å²) in [7, 11) is 0. The Balaban J connectivity index is 2.34. The van der Waals surface area contributed by atoms with E-state index in [1.54, 1.807) is 4.57 Å². The lowest BCUT2D eigenvalue weighted by Crippen LogP contribution is -2.14. The Morgan fingerprint density at radius 2 is 1.83 bits per heavy atom. The molecule has 1 aromatic heterocycles. The van der Waals surface area contributed by atoms with Crippen molar-refractivity contribution in [1.82, 2.24) is 9.55 Å². The molecule has 2 aromatic carbocycles. The minimum atomic E-state index is -0.119. The van der Waals surface area contributed by atoms with Crippen LogP contribution in [0.1, 0.15) is 5.56 Å². The number of aryl methyl sites for hydroxylation is 1. The number of aromatic nitrogens is 2. The molecule has 0 spiro atoms. The predicted octanol–water partition coefficient (Wildman–Crippen LogP) is 3.39. The van der Waals surface area contributed by atoms with Gasteiger partial charge in [-0.25, -0.2) is 4.79 Å². The summed E-state index contributed by atoms with van der Waals surface area (Å²) in [6.45, 7) is 2.03. The number of H-pyrrole nitrogens is 1. The Hall–Kier alpha value is -1.81. The third-order valence-corrected chi connectivity index (χ3v) is 3.43. The Labute approximate surface area is 112 Å². The molecule has 0 saturated heterocycles. The van der Waals surface area contributed by atoms with Gasteiger partial charge in [-0.2, -0.15) is 0 Å². The van der Waals surface area contributed by atoms with Gasteiger partial charge >= 0.3 is 5.69 Å². The maximum atomic E-state index is 12.0. The molecule has 90 valence electrons. The van der Waals surface area contributed by atoms with E-state index in [2.05, 4.69) is 20.9 Å². The molecule has 0 aliphatic heterocycles. The predicted molar refractivity (Wildman–Crippen MR) is 76.3 cm³/mol. The lowest BCUT2D eigenvalue weighted by Gasteiger charge is -2.03. The average molecular weight is 303 g/mol. The Morgan fingerprint density at radius 1 is 1.11 bits per heavy atom. The molecule has 0 bridgehead atoms. The van der Waals surface area contributed by atoms with Gasteiger partial charge < -0.3 is 4.98 Å². The van der Waals surface area contributed by atoms with Gasteiger partial charge in [0.2, 0.25) is 0 Å². The first-order valence-electron chi connectivity index (χ1n) is 5.62. The molecule has 18 heavy (non-hydrogen) atoms. The molecule has 0 atom stereocenters. The first-order valence-corrected chi connectivity index (χ1v) is 6.42. The normalized spacial score (nSPS) is 11.0. The van der Waals surface area contributed by atoms with Gasteiger partial charge in [0.15, 0.2) is 0 Å². The molecule has 0 saturated carbocycles. The number of fused-ring (bicyclic) bond motifs is 1. The third kappa shape index (κ3) is 1.78. The van der Waals surface area contributed by atoms with Crippen molar-refractivity contribution < 1.29 is 0 Å². The first kappa shape index (κ1) is 11.3. The number of hydrogen-bond acceptors (Lipinski definition) is 1. The average Bonchev–Trinajstić information content (AvgIpc) is 2.66. The second-order valence-corrected chi connectivity index (χ2v) is 5.18. The summed E-state index contributed by atoms with van der Waals surface area (Å²) in [5.41, 5.74) is 3.64. The van der Waals surface area contributed by atoms with Crippen LogP contribution in [0.3, 0.4) is 0 Å². The molecule has 0 aliphatic carbocycles. The van der Waals surface area contributed by atoms with Crippen LogP contribution in [0.4, 0.5) is 0 Å². The van der Waals surface area contributed by atoms with Crippen LogP contribution in [-0.2, 0) is 0 Å². The van der Waals surface area contributed by atoms with Crippen molar-refractivity contribution in [1.29, 1.82) is 0 Å². The fraction of sp³-hybridized carbons (Fsp3) is 0.0714. The molecule has 0 fully saturated rings. The van der Waals surface area contributed by atoms with Crippen LogP contribution in [0.5, 0.6) is 0 Å². The van der Waals surface area contributed by atoms with Crippen molar-refractivity contribution in [2.45, 2.75) is 6.92 Å². The standard InChI is InChI=1S/C14H11BrN2O/c1-9-2-5-11(6-3-9)17-13-8-10(15)4-7-12(13)16-14(17)18/h2-8H,1H3,(H,16,18). The molecule has 4 heteroatoms. The van der Waals surface area contributed by atoms with Crippen LogP contribution in [-0.4, -0.2) is 9.55 Å². The van der Waals surface area contributed by atoms with Crippen molar-refractivity contribution in [3.63, 3.8) is 0 Å². The first-order chi connectivity index (χ1) is 8.65. The minimum absolute atomic E-state index is 0.119. The van der Waals surface area contributed by atoms with Gasteiger partial charge in [-0.1, -0.05) is 33.6 Å². The molecule has 1 N–H and O–H groups in total. The van der Waals surface area contributed by atoms with Gasteiger partial charge in [0, 0.05) is 4.47 Å². The van der Waals surface area contributed by atoms with E-state index in [0.717, 1.165) is 21.2 Å². The van der Waals surface area contributed by atoms with Crippen LogP contribution < -0.4 is 5.69 Å². The molecule has 0 radical (unpaired) electrons. The Bertz CT molecular complexity index is 769. The van der Waals surface area contributed by atoms with Crippen molar-refractivity contribution in [3.8, 4) is 5.69 Å². The SMILES string of the molecule is Cc1ccc(-n2c(=O)[nH]c3ccc(Br)cc32)cc1. The van der Waals surface area contributed by atoms with E-state index in [-0.39, 0.29) is 5.69 Å². The summed E-state index contributed by atoms with van der Waals surface area (Å²) in [6.07, 6.45) is 0. The van der Waals surface area contributed by atoms with Crippen LogP contribution >= 0.6 is 15.9 Å². The van der Waals surface area contributed by atoms with Crippen LogP contribution in [0, 0.1) is 6.92 Å².